The highest BCUT2D eigenvalue weighted by atomic mass is 32.1. The molecule has 1 aromatic carbocycles. The standard InChI is InChI=1S/C15H16N2O4S/c18-14(9-1-3-19-4-2-9)17-15-16-10-7-11-12(8-13(10)22-15)21-6-5-20-11/h7-9H,1-6H2,(H,16,17,18). The maximum Gasteiger partial charge on any atom is 0.229 e. The van der Waals surface area contributed by atoms with E-state index in [1.54, 1.807) is 0 Å². The quantitative estimate of drug-likeness (QED) is 0.920. The van der Waals surface area contributed by atoms with Crippen molar-refractivity contribution in [2.75, 3.05) is 31.7 Å². The minimum Gasteiger partial charge on any atom is -0.486 e. The number of hydrogen-bond acceptors (Lipinski definition) is 6. The van der Waals surface area contributed by atoms with Crippen LogP contribution in [0.25, 0.3) is 10.2 Å². The summed E-state index contributed by atoms with van der Waals surface area (Å²) >= 11 is 1.45. The highest BCUT2D eigenvalue weighted by Crippen LogP contribution is 2.38. The van der Waals surface area contributed by atoms with Gasteiger partial charge >= 0.3 is 0 Å². The lowest BCUT2D eigenvalue weighted by Gasteiger charge is -2.20. The zero-order chi connectivity index (χ0) is 14.9. The molecule has 0 unspecified atom stereocenters. The molecule has 4 rings (SSSR count). The molecule has 7 heteroatoms. The van der Waals surface area contributed by atoms with Crippen LogP contribution in [0.3, 0.4) is 0 Å². The number of nitrogens with one attached hydrogen (secondary N) is 1. The summed E-state index contributed by atoms with van der Waals surface area (Å²) < 4.78 is 17.4. The van der Waals surface area contributed by atoms with E-state index >= 15 is 0 Å². The lowest BCUT2D eigenvalue weighted by molar-refractivity contribution is -0.122. The van der Waals surface area contributed by atoms with E-state index in [2.05, 4.69) is 10.3 Å². The molecule has 116 valence electrons. The van der Waals surface area contributed by atoms with Crippen LogP contribution >= 0.6 is 11.3 Å². The molecule has 0 aliphatic carbocycles. The fourth-order valence-corrected chi connectivity index (χ4v) is 3.56. The van der Waals surface area contributed by atoms with E-state index in [1.165, 1.54) is 11.3 Å². The summed E-state index contributed by atoms with van der Waals surface area (Å²) in [5, 5.41) is 3.54. The van der Waals surface area contributed by atoms with Crippen LogP contribution in [0.15, 0.2) is 12.1 Å². The zero-order valence-electron chi connectivity index (χ0n) is 12.0. The molecule has 0 spiro atoms. The van der Waals surface area contributed by atoms with Crippen molar-refractivity contribution >= 4 is 32.6 Å². The minimum absolute atomic E-state index is 0.0145. The molecule has 0 bridgehead atoms. The number of fused-ring (bicyclic) bond motifs is 2. The van der Waals surface area contributed by atoms with Gasteiger partial charge in [-0.2, -0.15) is 0 Å². The monoisotopic (exact) mass is 320 g/mol. The number of amides is 1. The van der Waals surface area contributed by atoms with Gasteiger partial charge in [0.2, 0.25) is 5.91 Å². The predicted molar refractivity (Wildman–Crippen MR) is 82.8 cm³/mol. The summed E-state index contributed by atoms with van der Waals surface area (Å²) in [5.41, 5.74) is 0.816. The number of rotatable bonds is 2. The molecule has 1 saturated heterocycles. The average Bonchev–Trinajstić information content (AvgIpc) is 2.94. The van der Waals surface area contributed by atoms with Crippen molar-refractivity contribution in [2.24, 2.45) is 5.92 Å². The molecule has 1 fully saturated rings. The number of nitrogens with zero attached hydrogens (tertiary/aromatic N) is 1. The van der Waals surface area contributed by atoms with Crippen molar-refractivity contribution < 1.29 is 19.0 Å². The largest absolute Gasteiger partial charge is 0.486 e. The van der Waals surface area contributed by atoms with Crippen LogP contribution in [0.1, 0.15) is 12.8 Å². The highest BCUT2D eigenvalue weighted by molar-refractivity contribution is 7.22. The number of anilines is 1. The summed E-state index contributed by atoms with van der Waals surface area (Å²) in [5.74, 6) is 1.50. The SMILES string of the molecule is O=C(Nc1nc2cc3c(cc2s1)OCCO3)C1CCOCC1. The molecule has 1 amide bonds. The van der Waals surface area contributed by atoms with E-state index in [9.17, 15) is 4.79 Å². The first-order chi connectivity index (χ1) is 10.8. The molecule has 0 radical (unpaired) electrons. The predicted octanol–water partition coefficient (Wildman–Crippen LogP) is 2.43. The molecule has 0 atom stereocenters. The maximum atomic E-state index is 12.3. The molecule has 0 saturated carbocycles. The van der Waals surface area contributed by atoms with Crippen molar-refractivity contribution in [3.8, 4) is 11.5 Å². The molecule has 22 heavy (non-hydrogen) atoms. The van der Waals surface area contributed by atoms with E-state index in [-0.39, 0.29) is 11.8 Å². The number of carbonyl (C=O) groups excluding carboxylic acids is 1. The smallest absolute Gasteiger partial charge is 0.229 e. The lowest BCUT2D eigenvalue weighted by atomic mass is 10.00. The third kappa shape index (κ3) is 2.62. The third-order valence-electron chi connectivity index (χ3n) is 3.87. The van der Waals surface area contributed by atoms with Gasteiger partial charge in [0, 0.05) is 31.3 Å². The number of ether oxygens (including phenoxy) is 3. The Bertz CT molecular complexity index is 666. The second kappa shape index (κ2) is 5.73. The molecular formula is C15H16N2O4S. The van der Waals surface area contributed by atoms with Crippen molar-refractivity contribution in [3.63, 3.8) is 0 Å². The molecule has 2 aromatic rings. The van der Waals surface area contributed by atoms with Gasteiger partial charge in [0.15, 0.2) is 16.6 Å². The van der Waals surface area contributed by atoms with Gasteiger partial charge in [0.05, 0.1) is 10.2 Å². The summed E-state index contributed by atoms with van der Waals surface area (Å²) in [6.45, 7) is 2.42. The minimum atomic E-state index is 0.0145. The van der Waals surface area contributed by atoms with E-state index in [0.717, 1.165) is 28.8 Å². The van der Waals surface area contributed by atoms with Gasteiger partial charge in [-0.1, -0.05) is 11.3 Å². The number of carbonyl (C=O) groups is 1. The summed E-state index contributed by atoms with van der Waals surface area (Å²) in [7, 11) is 0. The first kappa shape index (κ1) is 13.8. The summed E-state index contributed by atoms with van der Waals surface area (Å²) in [6, 6.07) is 3.79. The molecule has 6 nitrogen and oxygen atoms in total. The lowest BCUT2D eigenvalue weighted by Crippen LogP contribution is -2.28. The Hall–Kier alpha value is -1.86. The van der Waals surface area contributed by atoms with E-state index in [0.29, 0.717) is 37.3 Å². The fraction of sp³-hybridized carbons (Fsp3) is 0.467. The van der Waals surface area contributed by atoms with Gasteiger partial charge in [-0.3, -0.25) is 4.79 Å². The number of hydrogen-bond donors (Lipinski definition) is 1. The third-order valence-corrected chi connectivity index (χ3v) is 4.81. The average molecular weight is 320 g/mol. The van der Waals surface area contributed by atoms with Crippen molar-refractivity contribution in [2.45, 2.75) is 12.8 Å². The highest BCUT2D eigenvalue weighted by Gasteiger charge is 2.23. The topological polar surface area (TPSA) is 69.7 Å². The Kier molecular flexibility index (Phi) is 3.59. The van der Waals surface area contributed by atoms with Gasteiger partial charge in [-0.15, -0.1) is 0 Å². The Balaban J connectivity index is 1.55. The van der Waals surface area contributed by atoms with E-state index in [4.69, 9.17) is 14.2 Å². The van der Waals surface area contributed by atoms with Crippen LogP contribution in [-0.4, -0.2) is 37.3 Å². The number of aromatic nitrogens is 1. The maximum absolute atomic E-state index is 12.3. The second-order valence-corrected chi connectivity index (χ2v) is 6.39. The molecule has 2 aliphatic rings. The Morgan fingerprint density at radius 3 is 2.64 bits per heavy atom. The van der Waals surface area contributed by atoms with E-state index in [1.807, 2.05) is 12.1 Å². The first-order valence-electron chi connectivity index (χ1n) is 7.38. The van der Waals surface area contributed by atoms with Gasteiger partial charge < -0.3 is 19.5 Å². The van der Waals surface area contributed by atoms with Crippen LogP contribution < -0.4 is 14.8 Å². The number of thiazole rings is 1. The van der Waals surface area contributed by atoms with Gasteiger partial charge in [0.1, 0.15) is 13.2 Å². The van der Waals surface area contributed by atoms with Crippen LogP contribution in [0, 0.1) is 5.92 Å². The van der Waals surface area contributed by atoms with Crippen LogP contribution in [0.4, 0.5) is 5.13 Å². The first-order valence-corrected chi connectivity index (χ1v) is 8.20. The van der Waals surface area contributed by atoms with Crippen LogP contribution in [0.5, 0.6) is 11.5 Å². The summed E-state index contributed by atoms with van der Waals surface area (Å²) in [6.07, 6.45) is 1.54. The normalized spacial score (nSPS) is 18.4. The fourth-order valence-electron chi connectivity index (χ4n) is 2.69. The Labute approximate surface area is 131 Å². The van der Waals surface area contributed by atoms with Gasteiger partial charge in [0.25, 0.3) is 0 Å². The molecule has 3 heterocycles. The number of benzene rings is 1. The molecule has 2 aliphatic heterocycles. The summed E-state index contributed by atoms with van der Waals surface area (Å²) in [4.78, 5) is 16.7. The Morgan fingerprint density at radius 2 is 1.86 bits per heavy atom. The van der Waals surface area contributed by atoms with Crippen LogP contribution in [0.2, 0.25) is 0 Å². The van der Waals surface area contributed by atoms with Gasteiger partial charge in [-0.05, 0) is 12.8 Å². The van der Waals surface area contributed by atoms with Crippen molar-refractivity contribution in [3.05, 3.63) is 12.1 Å². The van der Waals surface area contributed by atoms with Crippen molar-refractivity contribution in [1.29, 1.82) is 0 Å². The molecule has 1 aromatic heterocycles. The molecule has 1 N–H and O–H groups in total. The van der Waals surface area contributed by atoms with Gasteiger partial charge in [-0.25, -0.2) is 4.98 Å². The van der Waals surface area contributed by atoms with Crippen molar-refractivity contribution in [1.82, 2.24) is 4.98 Å². The second-order valence-electron chi connectivity index (χ2n) is 5.36. The molecular weight excluding hydrogens is 304 g/mol. The van der Waals surface area contributed by atoms with E-state index < -0.39 is 0 Å². The zero-order valence-corrected chi connectivity index (χ0v) is 12.8. The van der Waals surface area contributed by atoms with Crippen LogP contribution in [-0.2, 0) is 9.53 Å². The Morgan fingerprint density at radius 1 is 1.14 bits per heavy atom.